The Morgan fingerprint density at radius 2 is 1.75 bits per heavy atom. The zero-order chi connectivity index (χ0) is 14.2. The van der Waals surface area contributed by atoms with E-state index in [0.717, 1.165) is 0 Å². The fourth-order valence-electron chi connectivity index (χ4n) is 1.60. The molecule has 0 aliphatic rings. The molecule has 0 aliphatic heterocycles. The van der Waals surface area contributed by atoms with E-state index in [1.807, 2.05) is 12.1 Å². The van der Waals surface area contributed by atoms with Crippen molar-refractivity contribution in [2.75, 3.05) is 18.5 Å². The summed E-state index contributed by atoms with van der Waals surface area (Å²) in [5.74, 6) is 1.04. The Hall–Kier alpha value is -2.53. The second-order valence-corrected chi connectivity index (χ2v) is 3.96. The smallest absolute Gasteiger partial charge is 0.417 e. The number of carbonyl (C=O) groups excluding carboxylic acids is 1. The zero-order valence-corrected chi connectivity index (χ0v) is 10.9. The number of hydrogen-bond donors (Lipinski definition) is 2. The van der Waals surface area contributed by atoms with Gasteiger partial charge in [0.2, 0.25) is 0 Å². The predicted molar refractivity (Wildman–Crippen MR) is 77.1 cm³/mol. The van der Waals surface area contributed by atoms with E-state index < -0.39 is 6.09 Å². The van der Waals surface area contributed by atoms with Gasteiger partial charge in [0.15, 0.2) is 0 Å². The summed E-state index contributed by atoms with van der Waals surface area (Å²) in [6.07, 6.45) is -0.569. The highest BCUT2D eigenvalue weighted by atomic mass is 16.6. The molecule has 20 heavy (non-hydrogen) atoms. The third-order valence-electron chi connectivity index (χ3n) is 2.45. The minimum atomic E-state index is -0.569. The Balaban J connectivity index is 2.00. The van der Waals surface area contributed by atoms with Crippen LogP contribution in [0, 0.1) is 0 Å². The number of ether oxygens (including phenoxy) is 2. The van der Waals surface area contributed by atoms with E-state index in [9.17, 15) is 4.79 Å². The van der Waals surface area contributed by atoms with Crippen molar-refractivity contribution in [1.82, 2.24) is 0 Å². The van der Waals surface area contributed by atoms with Gasteiger partial charge in [0.25, 0.3) is 0 Å². The first-order chi connectivity index (χ1) is 9.79. The summed E-state index contributed by atoms with van der Waals surface area (Å²) in [6.45, 7) is 0.787. The maximum absolute atomic E-state index is 11.8. The molecule has 0 aromatic heterocycles. The third-order valence-corrected chi connectivity index (χ3v) is 2.45. The van der Waals surface area contributed by atoms with Crippen LogP contribution in [0.4, 0.5) is 10.5 Å². The van der Waals surface area contributed by atoms with Crippen molar-refractivity contribution in [2.45, 2.75) is 0 Å². The van der Waals surface area contributed by atoms with Crippen molar-refractivity contribution in [3.05, 3.63) is 54.6 Å². The molecular formula is C15H16N2O3. The first kappa shape index (κ1) is 13.9. The van der Waals surface area contributed by atoms with Crippen LogP contribution in [0.25, 0.3) is 0 Å². The molecule has 2 rings (SSSR count). The van der Waals surface area contributed by atoms with Gasteiger partial charge in [-0.1, -0.05) is 30.3 Å². The molecule has 0 aliphatic carbocycles. The Kier molecular flexibility index (Phi) is 4.97. The molecule has 0 heterocycles. The Labute approximate surface area is 117 Å². The molecule has 0 atom stereocenters. The number of benzene rings is 2. The van der Waals surface area contributed by atoms with E-state index in [2.05, 4.69) is 5.32 Å². The van der Waals surface area contributed by atoms with Crippen LogP contribution in [0.5, 0.6) is 11.5 Å². The van der Waals surface area contributed by atoms with Gasteiger partial charge in [0.1, 0.15) is 18.1 Å². The lowest BCUT2D eigenvalue weighted by Gasteiger charge is -2.11. The van der Waals surface area contributed by atoms with Gasteiger partial charge in [-0.3, -0.25) is 5.32 Å². The van der Waals surface area contributed by atoms with Crippen molar-refractivity contribution in [3.63, 3.8) is 0 Å². The first-order valence-electron chi connectivity index (χ1n) is 6.25. The van der Waals surface area contributed by atoms with Gasteiger partial charge in [0.05, 0.1) is 5.69 Å². The average molecular weight is 272 g/mol. The van der Waals surface area contributed by atoms with Crippen molar-refractivity contribution < 1.29 is 14.3 Å². The zero-order valence-electron chi connectivity index (χ0n) is 10.9. The molecule has 0 radical (unpaired) electrons. The van der Waals surface area contributed by atoms with Crippen LogP contribution in [0.2, 0.25) is 0 Å². The standard InChI is InChI=1S/C15H16N2O3/c16-10-11-19-14-9-5-4-8-13(14)17-15(18)20-12-6-2-1-3-7-12/h1-9H,10-11,16H2,(H,17,18). The average Bonchev–Trinajstić information content (AvgIpc) is 2.47. The summed E-state index contributed by atoms with van der Waals surface area (Å²) in [6, 6.07) is 16.0. The summed E-state index contributed by atoms with van der Waals surface area (Å²) in [5, 5.41) is 2.64. The van der Waals surface area contributed by atoms with E-state index in [1.165, 1.54) is 0 Å². The molecule has 0 spiro atoms. The SMILES string of the molecule is NCCOc1ccccc1NC(=O)Oc1ccccc1. The molecular weight excluding hydrogens is 256 g/mol. The topological polar surface area (TPSA) is 73.6 Å². The minimum Gasteiger partial charge on any atom is -0.490 e. The van der Waals surface area contributed by atoms with E-state index >= 15 is 0 Å². The Bertz CT molecular complexity index is 558. The largest absolute Gasteiger partial charge is 0.490 e. The van der Waals surface area contributed by atoms with E-state index in [-0.39, 0.29) is 0 Å². The lowest BCUT2D eigenvalue weighted by atomic mass is 10.3. The van der Waals surface area contributed by atoms with Gasteiger partial charge in [0, 0.05) is 6.54 Å². The molecule has 0 saturated carbocycles. The monoisotopic (exact) mass is 272 g/mol. The van der Waals surface area contributed by atoms with Crippen LogP contribution in [-0.2, 0) is 0 Å². The highest BCUT2D eigenvalue weighted by Crippen LogP contribution is 2.24. The number of nitrogens with two attached hydrogens (primary N) is 1. The molecule has 5 heteroatoms. The van der Waals surface area contributed by atoms with Crippen molar-refractivity contribution in [1.29, 1.82) is 0 Å². The number of rotatable bonds is 5. The highest BCUT2D eigenvalue weighted by Gasteiger charge is 2.08. The van der Waals surface area contributed by atoms with Gasteiger partial charge in [-0.25, -0.2) is 4.79 Å². The van der Waals surface area contributed by atoms with Gasteiger partial charge in [-0.05, 0) is 24.3 Å². The van der Waals surface area contributed by atoms with Crippen LogP contribution in [0.3, 0.4) is 0 Å². The number of hydrogen-bond acceptors (Lipinski definition) is 4. The Morgan fingerprint density at radius 1 is 1.05 bits per heavy atom. The van der Waals surface area contributed by atoms with Gasteiger partial charge in [-0.2, -0.15) is 0 Å². The van der Waals surface area contributed by atoms with Crippen LogP contribution >= 0.6 is 0 Å². The molecule has 5 nitrogen and oxygen atoms in total. The van der Waals surface area contributed by atoms with Gasteiger partial charge in [-0.15, -0.1) is 0 Å². The highest BCUT2D eigenvalue weighted by molar-refractivity contribution is 5.88. The number of carbonyl (C=O) groups is 1. The van der Waals surface area contributed by atoms with Crippen LogP contribution in [-0.4, -0.2) is 19.2 Å². The molecule has 0 saturated heterocycles. The van der Waals surface area contributed by atoms with Crippen molar-refractivity contribution in [3.8, 4) is 11.5 Å². The van der Waals surface area contributed by atoms with Crippen LogP contribution in [0.1, 0.15) is 0 Å². The summed E-state index contributed by atoms with van der Waals surface area (Å²) < 4.78 is 10.6. The second-order valence-electron chi connectivity index (χ2n) is 3.96. The molecule has 0 bridgehead atoms. The molecule has 0 unspecified atom stereocenters. The molecule has 104 valence electrons. The Morgan fingerprint density at radius 3 is 2.50 bits per heavy atom. The normalized spacial score (nSPS) is 9.85. The number of para-hydroxylation sites is 3. The summed E-state index contributed by atoms with van der Waals surface area (Å²) in [5.41, 5.74) is 5.94. The lowest BCUT2D eigenvalue weighted by molar-refractivity contribution is 0.215. The number of amides is 1. The van der Waals surface area contributed by atoms with Crippen molar-refractivity contribution in [2.24, 2.45) is 5.73 Å². The van der Waals surface area contributed by atoms with Gasteiger partial charge < -0.3 is 15.2 Å². The van der Waals surface area contributed by atoms with E-state index in [0.29, 0.717) is 30.3 Å². The molecule has 1 amide bonds. The number of nitrogens with one attached hydrogen (secondary N) is 1. The van der Waals surface area contributed by atoms with Crippen LogP contribution < -0.4 is 20.5 Å². The summed E-state index contributed by atoms with van der Waals surface area (Å²) in [4.78, 5) is 11.8. The quantitative estimate of drug-likeness (QED) is 0.877. The molecule has 0 fully saturated rings. The summed E-state index contributed by atoms with van der Waals surface area (Å²) in [7, 11) is 0. The first-order valence-corrected chi connectivity index (χ1v) is 6.25. The molecule has 2 aromatic carbocycles. The number of anilines is 1. The summed E-state index contributed by atoms with van der Waals surface area (Å²) >= 11 is 0. The lowest BCUT2D eigenvalue weighted by Crippen LogP contribution is -2.18. The predicted octanol–water partition coefficient (Wildman–Crippen LogP) is 2.64. The molecule has 2 aromatic rings. The maximum Gasteiger partial charge on any atom is 0.417 e. The third kappa shape index (κ3) is 4.00. The van der Waals surface area contributed by atoms with Gasteiger partial charge >= 0.3 is 6.09 Å². The maximum atomic E-state index is 11.8. The minimum absolute atomic E-state index is 0.381. The van der Waals surface area contributed by atoms with E-state index in [1.54, 1.807) is 42.5 Å². The van der Waals surface area contributed by atoms with Crippen molar-refractivity contribution >= 4 is 11.8 Å². The fourth-order valence-corrected chi connectivity index (χ4v) is 1.60. The second kappa shape index (κ2) is 7.16. The van der Waals surface area contributed by atoms with Crippen LogP contribution in [0.15, 0.2) is 54.6 Å². The molecule has 3 N–H and O–H groups in total. The fraction of sp³-hybridized carbons (Fsp3) is 0.133. The van der Waals surface area contributed by atoms with E-state index in [4.69, 9.17) is 15.2 Å².